The highest BCUT2D eigenvalue weighted by atomic mass is 16.5. The highest BCUT2D eigenvalue weighted by Gasteiger charge is 2.30. The van der Waals surface area contributed by atoms with E-state index in [1.165, 1.54) is 0 Å². The highest BCUT2D eigenvalue weighted by Crippen LogP contribution is 2.30. The van der Waals surface area contributed by atoms with Crippen molar-refractivity contribution in [1.29, 1.82) is 0 Å². The van der Waals surface area contributed by atoms with Gasteiger partial charge in [-0.2, -0.15) is 0 Å². The first-order valence-electron chi connectivity index (χ1n) is 4.21. The maximum absolute atomic E-state index is 10.7. The zero-order valence-corrected chi connectivity index (χ0v) is 7.30. The van der Waals surface area contributed by atoms with Crippen molar-refractivity contribution in [2.45, 2.75) is 26.7 Å². The molecule has 0 spiro atoms. The van der Waals surface area contributed by atoms with Gasteiger partial charge >= 0.3 is 0 Å². The van der Waals surface area contributed by atoms with Crippen LogP contribution in [-0.4, -0.2) is 19.5 Å². The quantitative estimate of drug-likeness (QED) is 0.568. The molecule has 0 saturated carbocycles. The van der Waals surface area contributed by atoms with Gasteiger partial charge in [-0.3, -0.25) is 0 Å². The van der Waals surface area contributed by atoms with Crippen molar-refractivity contribution >= 4 is 6.29 Å². The Morgan fingerprint density at radius 3 is 2.73 bits per heavy atom. The maximum Gasteiger partial charge on any atom is 0.125 e. The smallest absolute Gasteiger partial charge is 0.125 e. The average Bonchev–Trinajstić information content (AvgIpc) is 2.06. The first kappa shape index (κ1) is 8.72. The molecule has 2 nitrogen and oxygen atoms in total. The van der Waals surface area contributed by atoms with E-state index in [1.807, 2.05) is 13.8 Å². The third kappa shape index (κ3) is 2.03. The number of hydrogen-bond donors (Lipinski definition) is 0. The molecule has 0 aliphatic carbocycles. The first-order chi connectivity index (χ1) is 5.17. The van der Waals surface area contributed by atoms with Gasteiger partial charge in [-0.25, -0.2) is 0 Å². The molecule has 0 N–H and O–H groups in total. The number of hydrogen-bond acceptors (Lipinski definition) is 2. The SMILES string of the molecule is CC(C)(C=O)C1CCCOC1. The predicted octanol–water partition coefficient (Wildman–Crippen LogP) is 1.64. The van der Waals surface area contributed by atoms with Crippen LogP contribution in [0.2, 0.25) is 0 Å². The molecule has 0 amide bonds. The molecule has 11 heavy (non-hydrogen) atoms. The van der Waals surface area contributed by atoms with E-state index in [0.29, 0.717) is 5.92 Å². The summed E-state index contributed by atoms with van der Waals surface area (Å²) in [5.74, 6) is 0.425. The maximum atomic E-state index is 10.7. The standard InChI is InChI=1S/C9H16O2/c1-9(2,7-10)8-4-3-5-11-6-8/h7-8H,3-6H2,1-2H3. The number of rotatable bonds is 2. The molecule has 0 aromatic rings. The third-order valence-electron chi connectivity index (χ3n) is 2.52. The van der Waals surface area contributed by atoms with Crippen molar-refractivity contribution in [3.8, 4) is 0 Å². The molecule has 1 rings (SSSR count). The highest BCUT2D eigenvalue weighted by molar-refractivity contribution is 5.58. The Hall–Kier alpha value is -0.370. The van der Waals surface area contributed by atoms with Crippen LogP contribution in [0.25, 0.3) is 0 Å². The lowest BCUT2D eigenvalue weighted by Crippen LogP contribution is -2.32. The minimum absolute atomic E-state index is 0.194. The predicted molar refractivity (Wildman–Crippen MR) is 43.4 cm³/mol. The van der Waals surface area contributed by atoms with Gasteiger partial charge in [0.25, 0.3) is 0 Å². The fourth-order valence-electron chi connectivity index (χ4n) is 1.42. The van der Waals surface area contributed by atoms with Crippen LogP contribution in [0.1, 0.15) is 26.7 Å². The van der Waals surface area contributed by atoms with Gasteiger partial charge in [-0.1, -0.05) is 13.8 Å². The lowest BCUT2D eigenvalue weighted by molar-refractivity contribution is -0.120. The molecular formula is C9H16O2. The van der Waals surface area contributed by atoms with Crippen LogP contribution in [0.15, 0.2) is 0 Å². The molecule has 1 unspecified atom stereocenters. The molecule has 1 atom stereocenters. The minimum atomic E-state index is -0.194. The van der Waals surface area contributed by atoms with Gasteiger partial charge in [0.2, 0.25) is 0 Å². The van der Waals surface area contributed by atoms with Gasteiger partial charge in [0.05, 0.1) is 6.61 Å². The van der Waals surface area contributed by atoms with E-state index in [-0.39, 0.29) is 5.41 Å². The van der Waals surface area contributed by atoms with Crippen LogP contribution >= 0.6 is 0 Å². The largest absolute Gasteiger partial charge is 0.381 e. The summed E-state index contributed by atoms with van der Waals surface area (Å²) in [6, 6.07) is 0. The average molecular weight is 156 g/mol. The van der Waals surface area contributed by atoms with E-state index in [0.717, 1.165) is 32.3 Å². The van der Waals surface area contributed by atoms with Crippen LogP contribution < -0.4 is 0 Å². The van der Waals surface area contributed by atoms with Crippen molar-refractivity contribution in [2.75, 3.05) is 13.2 Å². The fraction of sp³-hybridized carbons (Fsp3) is 0.889. The van der Waals surface area contributed by atoms with Gasteiger partial charge in [0, 0.05) is 12.0 Å². The molecule has 0 aromatic heterocycles. The van der Waals surface area contributed by atoms with Crippen LogP contribution in [0.3, 0.4) is 0 Å². The van der Waals surface area contributed by atoms with E-state index < -0.39 is 0 Å². The fourth-order valence-corrected chi connectivity index (χ4v) is 1.42. The normalized spacial score (nSPS) is 26.5. The van der Waals surface area contributed by atoms with E-state index in [2.05, 4.69) is 0 Å². The van der Waals surface area contributed by atoms with Crippen molar-refractivity contribution in [2.24, 2.45) is 11.3 Å². The third-order valence-corrected chi connectivity index (χ3v) is 2.52. The molecule has 1 saturated heterocycles. The Morgan fingerprint density at radius 2 is 2.27 bits per heavy atom. The molecule has 0 bridgehead atoms. The number of carbonyl (C=O) groups is 1. The molecule has 1 aliphatic rings. The van der Waals surface area contributed by atoms with Crippen molar-refractivity contribution in [3.63, 3.8) is 0 Å². The summed E-state index contributed by atoms with van der Waals surface area (Å²) in [5, 5.41) is 0. The number of ether oxygens (including phenoxy) is 1. The topological polar surface area (TPSA) is 26.3 Å². The van der Waals surface area contributed by atoms with E-state index in [9.17, 15) is 4.79 Å². The Labute approximate surface area is 67.9 Å². The Balaban J connectivity index is 2.50. The second-order valence-electron chi connectivity index (χ2n) is 3.85. The first-order valence-corrected chi connectivity index (χ1v) is 4.21. The zero-order chi connectivity index (χ0) is 8.32. The van der Waals surface area contributed by atoms with Crippen LogP contribution in [0, 0.1) is 11.3 Å². The Bertz CT molecular complexity index is 134. The number of aldehydes is 1. The molecule has 2 heteroatoms. The molecular weight excluding hydrogens is 140 g/mol. The second-order valence-corrected chi connectivity index (χ2v) is 3.85. The van der Waals surface area contributed by atoms with E-state index in [1.54, 1.807) is 0 Å². The van der Waals surface area contributed by atoms with E-state index >= 15 is 0 Å². The summed E-state index contributed by atoms with van der Waals surface area (Å²) < 4.78 is 5.31. The molecule has 1 heterocycles. The van der Waals surface area contributed by atoms with Crippen LogP contribution in [-0.2, 0) is 9.53 Å². The molecule has 64 valence electrons. The lowest BCUT2D eigenvalue weighted by atomic mass is 9.77. The molecule has 0 aromatic carbocycles. The summed E-state index contributed by atoms with van der Waals surface area (Å²) in [6.45, 7) is 5.59. The number of carbonyl (C=O) groups excluding carboxylic acids is 1. The summed E-state index contributed by atoms with van der Waals surface area (Å²) in [5.41, 5.74) is -0.194. The Kier molecular flexibility index (Phi) is 2.66. The monoisotopic (exact) mass is 156 g/mol. The Morgan fingerprint density at radius 1 is 1.55 bits per heavy atom. The van der Waals surface area contributed by atoms with Gasteiger partial charge in [-0.15, -0.1) is 0 Å². The van der Waals surface area contributed by atoms with Crippen molar-refractivity contribution in [1.82, 2.24) is 0 Å². The van der Waals surface area contributed by atoms with Crippen molar-refractivity contribution < 1.29 is 9.53 Å². The molecule has 1 fully saturated rings. The molecule has 1 aliphatic heterocycles. The molecule has 0 radical (unpaired) electrons. The van der Waals surface area contributed by atoms with Crippen LogP contribution in [0.5, 0.6) is 0 Å². The zero-order valence-electron chi connectivity index (χ0n) is 7.30. The minimum Gasteiger partial charge on any atom is -0.381 e. The van der Waals surface area contributed by atoms with Crippen LogP contribution in [0.4, 0.5) is 0 Å². The summed E-state index contributed by atoms with van der Waals surface area (Å²) in [6.07, 6.45) is 3.28. The van der Waals surface area contributed by atoms with Gasteiger partial charge in [0.15, 0.2) is 0 Å². The van der Waals surface area contributed by atoms with Crippen molar-refractivity contribution in [3.05, 3.63) is 0 Å². The summed E-state index contributed by atoms with van der Waals surface area (Å²) >= 11 is 0. The lowest BCUT2D eigenvalue weighted by Gasteiger charge is -2.32. The van der Waals surface area contributed by atoms with E-state index in [4.69, 9.17) is 4.74 Å². The van der Waals surface area contributed by atoms with Gasteiger partial charge in [0.1, 0.15) is 6.29 Å². The summed E-state index contributed by atoms with van der Waals surface area (Å²) in [4.78, 5) is 10.7. The second kappa shape index (κ2) is 3.35. The van der Waals surface area contributed by atoms with Gasteiger partial charge in [-0.05, 0) is 18.8 Å². The van der Waals surface area contributed by atoms with Gasteiger partial charge < -0.3 is 9.53 Å². The summed E-state index contributed by atoms with van der Waals surface area (Å²) in [7, 11) is 0.